The van der Waals surface area contributed by atoms with Gasteiger partial charge in [0.2, 0.25) is 0 Å². The molecule has 2 rings (SSSR count). The predicted molar refractivity (Wildman–Crippen MR) is 83.0 cm³/mol. The number of hydrogen-bond donors (Lipinski definition) is 2. The van der Waals surface area contributed by atoms with Crippen LogP contribution in [0.4, 0.5) is 17.1 Å². The molecule has 0 aromatic heterocycles. The van der Waals surface area contributed by atoms with Gasteiger partial charge in [0.05, 0.1) is 33.5 Å². The van der Waals surface area contributed by atoms with Gasteiger partial charge in [-0.05, 0) is 15.9 Å². The highest BCUT2D eigenvalue weighted by molar-refractivity contribution is 9.10. The number of nitro benzene ring substituents is 2. The highest BCUT2D eigenvalue weighted by atomic mass is 79.9. The molecule has 0 unspecified atom stereocenters. The van der Waals surface area contributed by atoms with E-state index in [4.69, 9.17) is 5.11 Å². The lowest BCUT2D eigenvalue weighted by atomic mass is 10.2. The molecule has 1 aromatic rings. The molecule has 0 saturated carbocycles. The maximum absolute atomic E-state index is 12.0. The molecule has 1 aliphatic rings. The fraction of sp³-hybridized carbons (Fsp3) is 0.167. The Bertz CT molecular complexity index is 792. The van der Waals surface area contributed by atoms with Crippen molar-refractivity contribution >= 4 is 44.8 Å². The first-order valence-electron chi connectivity index (χ1n) is 6.34. The minimum absolute atomic E-state index is 0.0230. The molecule has 0 spiro atoms. The Morgan fingerprint density at radius 2 is 1.88 bits per heavy atom. The number of benzene rings is 1. The van der Waals surface area contributed by atoms with Crippen molar-refractivity contribution in [1.82, 2.24) is 4.90 Å². The van der Waals surface area contributed by atoms with Crippen LogP contribution in [0.25, 0.3) is 0 Å². The van der Waals surface area contributed by atoms with Gasteiger partial charge in [0.1, 0.15) is 11.4 Å². The van der Waals surface area contributed by atoms with Gasteiger partial charge in [-0.3, -0.25) is 34.7 Å². The average Bonchev–Trinajstić information content (AvgIpc) is 2.76. The number of nitro groups is 2. The van der Waals surface area contributed by atoms with Crippen LogP contribution in [-0.4, -0.2) is 44.8 Å². The molecule has 1 aromatic carbocycles. The first-order valence-corrected chi connectivity index (χ1v) is 7.13. The maximum Gasteiger partial charge on any atom is 0.300 e. The number of amides is 2. The Kier molecular flexibility index (Phi) is 4.90. The van der Waals surface area contributed by atoms with Crippen molar-refractivity contribution < 1.29 is 24.5 Å². The quantitative estimate of drug-likeness (QED) is 0.405. The van der Waals surface area contributed by atoms with E-state index >= 15 is 0 Å². The molecule has 0 saturated heterocycles. The third-order valence-corrected chi connectivity index (χ3v) is 3.68. The molecule has 1 heterocycles. The van der Waals surface area contributed by atoms with Crippen molar-refractivity contribution in [2.24, 2.45) is 0 Å². The molecule has 2 amide bonds. The summed E-state index contributed by atoms with van der Waals surface area (Å²) in [5, 5.41) is 33.2. The van der Waals surface area contributed by atoms with Gasteiger partial charge in [0.25, 0.3) is 17.5 Å². The number of aliphatic hydroxyl groups is 1. The molecular weight excluding hydrogens is 392 g/mol. The zero-order valence-corrected chi connectivity index (χ0v) is 13.3. The van der Waals surface area contributed by atoms with Gasteiger partial charge in [-0.25, -0.2) is 0 Å². The van der Waals surface area contributed by atoms with E-state index < -0.39 is 39.6 Å². The van der Waals surface area contributed by atoms with Crippen LogP contribution in [0.5, 0.6) is 0 Å². The highest BCUT2D eigenvalue weighted by Gasteiger charge is 2.33. The molecule has 2 N–H and O–H groups in total. The molecule has 0 aliphatic carbocycles. The van der Waals surface area contributed by atoms with Crippen molar-refractivity contribution in [3.8, 4) is 0 Å². The van der Waals surface area contributed by atoms with E-state index in [0.29, 0.717) is 0 Å². The second kappa shape index (κ2) is 6.72. The number of nitrogens with zero attached hydrogens (tertiary/aromatic N) is 3. The van der Waals surface area contributed by atoms with Gasteiger partial charge in [0.15, 0.2) is 0 Å². The lowest BCUT2D eigenvalue weighted by molar-refractivity contribution is -0.393. The van der Waals surface area contributed by atoms with Crippen LogP contribution in [0.15, 0.2) is 28.4 Å². The summed E-state index contributed by atoms with van der Waals surface area (Å²) in [5.74, 6) is -1.45. The number of carbonyl (C=O) groups is 2. The summed E-state index contributed by atoms with van der Waals surface area (Å²) in [7, 11) is 0. The van der Waals surface area contributed by atoms with Gasteiger partial charge < -0.3 is 10.4 Å². The van der Waals surface area contributed by atoms with E-state index in [9.17, 15) is 29.8 Å². The molecule has 24 heavy (non-hydrogen) atoms. The zero-order chi connectivity index (χ0) is 18.0. The van der Waals surface area contributed by atoms with Crippen molar-refractivity contribution in [2.75, 3.05) is 18.5 Å². The van der Waals surface area contributed by atoms with Crippen molar-refractivity contribution in [3.05, 3.63) is 48.6 Å². The summed E-state index contributed by atoms with van der Waals surface area (Å²) in [6.45, 7) is -0.650. The van der Waals surface area contributed by atoms with Crippen LogP contribution < -0.4 is 5.32 Å². The molecule has 0 atom stereocenters. The number of carbonyl (C=O) groups excluding carboxylic acids is 2. The van der Waals surface area contributed by atoms with E-state index in [1.165, 1.54) is 0 Å². The lowest BCUT2D eigenvalue weighted by Crippen LogP contribution is -2.34. The third-order valence-electron chi connectivity index (χ3n) is 3.05. The van der Waals surface area contributed by atoms with Crippen LogP contribution in [-0.2, 0) is 9.59 Å². The molecule has 0 radical (unpaired) electrons. The first kappa shape index (κ1) is 17.5. The first-order chi connectivity index (χ1) is 11.3. The summed E-state index contributed by atoms with van der Waals surface area (Å²) in [6, 6.07) is 1.77. The van der Waals surface area contributed by atoms with Crippen LogP contribution in [0.2, 0.25) is 0 Å². The molecule has 1 aliphatic heterocycles. The van der Waals surface area contributed by atoms with Gasteiger partial charge in [0, 0.05) is 12.1 Å². The number of anilines is 1. The number of rotatable bonds is 6. The summed E-state index contributed by atoms with van der Waals surface area (Å²) < 4.78 is -0.0230. The van der Waals surface area contributed by atoms with E-state index in [2.05, 4.69) is 21.2 Å². The Labute approximate surface area is 142 Å². The highest BCUT2D eigenvalue weighted by Crippen LogP contribution is 2.38. The normalized spacial score (nSPS) is 13.9. The van der Waals surface area contributed by atoms with Crippen LogP contribution in [0, 0.1) is 20.2 Å². The minimum atomic E-state index is -0.854. The number of nitrogens with one attached hydrogen (secondary N) is 1. The molecular formula is C12H9BrN4O7. The van der Waals surface area contributed by atoms with Crippen molar-refractivity contribution in [3.63, 3.8) is 0 Å². The number of hydrogen-bond acceptors (Lipinski definition) is 8. The summed E-state index contributed by atoms with van der Waals surface area (Å²) in [6.07, 6.45) is 0.926. The molecule has 0 fully saturated rings. The summed E-state index contributed by atoms with van der Waals surface area (Å²) in [5.41, 5.74) is -1.60. The number of imide groups is 1. The zero-order valence-electron chi connectivity index (χ0n) is 11.8. The van der Waals surface area contributed by atoms with E-state index in [1.807, 2.05) is 0 Å². The minimum Gasteiger partial charge on any atom is -0.395 e. The molecule has 0 bridgehead atoms. The Balaban J connectivity index is 2.42. The average molecular weight is 401 g/mol. The Morgan fingerprint density at radius 3 is 2.42 bits per heavy atom. The molecule has 12 heteroatoms. The van der Waals surface area contributed by atoms with E-state index in [-0.39, 0.29) is 22.4 Å². The molecule has 126 valence electrons. The SMILES string of the molecule is O=C1C=C(Nc2c(Br)cc([N+](=O)[O-])cc2[N+](=O)[O-])C(=O)N1CCO. The maximum atomic E-state index is 12.0. The third kappa shape index (κ3) is 3.23. The monoisotopic (exact) mass is 400 g/mol. The fourth-order valence-corrected chi connectivity index (χ4v) is 2.53. The van der Waals surface area contributed by atoms with E-state index in [0.717, 1.165) is 23.1 Å². The second-order valence-corrected chi connectivity index (χ2v) is 5.39. The Hall–Kier alpha value is -2.86. The lowest BCUT2D eigenvalue weighted by Gasteiger charge is -2.14. The summed E-state index contributed by atoms with van der Waals surface area (Å²) >= 11 is 2.97. The fourth-order valence-electron chi connectivity index (χ4n) is 2.00. The number of β-amino-alcohol motifs (C(OH)–C–C–N with tert-alkyl or cyclic N) is 1. The van der Waals surface area contributed by atoms with Crippen LogP contribution >= 0.6 is 15.9 Å². The summed E-state index contributed by atoms with van der Waals surface area (Å²) in [4.78, 5) is 44.8. The van der Waals surface area contributed by atoms with Gasteiger partial charge in [-0.2, -0.15) is 0 Å². The number of non-ortho nitro benzene ring substituents is 1. The number of aliphatic hydroxyl groups excluding tert-OH is 1. The van der Waals surface area contributed by atoms with Crippen LogP contribution in [0.3, 0.4) is 0 Å². The van der Waals surface area contributed by atoms with Gasteiger partial charge >= 0.3 is 5.69 Å². The molecule has 11 nitrogen and oxygen atoms in total. The predicted octanol–water partition coefficient (Wildman–Crippen LogP) is 0.922. The smallest absolute Gasteiger partial charge is 0.300 e. The van der Waals surface area contributed by atoms with Crippen molar-refractivity contribution in [1.29, 1.82) is 0 Å². The van der Waals surface area contributed by atoms with Crippen LogP contribution in [0.1, 0.15) is 0 Å². The van der Waals surface area contributed by atoms with Gasteiger partial charge in [-0.15, -0.1) is 0 Å². The topological polar surface area (TPSA) is 156 Å². The Morgan fingerprint density at radius 1 is 1.21 bits per heavy atom. The second-order valence-electron chi connectivity index (χ2n) is 4.54. The van der Waals surface area contributed by atoms with Crippen molar-refractivity contribution in [2.45, 2.75) is 0 Å². The van der Waals surface area contributed by atoms with E-state index in [1.54, 1.807) is 0 Å². The number of halogens is 1. The standard InChI is InChI=1S/C12H9BrN4O7/c13-7-3-6(16(21)22)4-9(17(23)24)11(7)14-8-5-10(19)15(1-2-18)12(8)20/h3-5,14,18H,1-2H2. The van der Waals surface area contributed by atoms with Gasteiger partial charge in [-0.1, -0.05) is 0 Å². The largest absolute Gasteiger partial charge is 0.395 e.